The molecule has 0 bridgehead atoms. The predicted octanol–water partition coefficient (Wildman–Crippen LogP) is 6.06. The summed E-state index contributed by atoms with van der Waals surface area (Å²) in [6.45, 7) is 3.29. The van der Waals surface area contributed by atoms with Gasteiger partial charge in [-0.3, -0.25) is 14.1 Å². The van der Waals surface area contributed by atoms with Crippen molar-refractivity contribution in [3.8, 4) is 0 Å². The molecule has 0 aromatic heterocycles. The molecule has 0 spiro atoms. The lowest BCUT2D eigenvalue weighted by molar-refractivity contribution is -0.141. The molecule has 218 valence electrons. The van der Waals surface area contributed by atoms with Crippen molar-refractivity contribution in [2.45, 2.75) is 39.0 Å². The normalized spacial score (nSPS) is 14.1. The number of allylic oxidation sites excluding steroid dienone is 6. The van der Waals surface area contributed by atoms with Gasteiger partial charge < -0.3 is 15.0 Å². The second kappa shape index (κ2) is 16.3. The highest BCUT2D eigenvalue weighted by molar-refractivity contribution is 7.85. The van der Waals surface area contributed by atoms with Gasteiger partial charge in [-0.25, -0.2) is 0 Å². The Kier molecular flexibility index (Phi) is 12.6. The lowest BCUT2D eigenvalue weighted by Crippen LogP contribution is -2.21. The summed E-state index contributed by atoms with van der Waals surface area (Å²) < 4.78 is 35.5. The Labute approximate surface area is 242 Å². The van der Waals surface area contributed by atoms with Crippen LogP contribution in [-0.4, -0.2) is 50.2 Å². The molecule has 1 aliphatic heterocycles. The number of ketones is 1. The maximum atomic E-state index is 12.5. The number of nitrogens with one attached hydrogen (secondary N) is 1. The summed E-state index contributed by atoms with van der Waals surface area (Å²) in [5, 5.41) is 3.25. The number of anilines is 2. The SMILES string of the molecule is CC(=O)OCCCCCN1C=C/C(=C\C=C\C(=O)/C=C\c2ccccc2NCCCCS(=O)(=O)O)c2ccccc21. The molecule has 1 aliphatic rings. The van der Waals surface area contributed by atoms with Gasteiger partial charge >= 0.3 is 5.97 Å². The molecular weight excluding hydrogens is 540 g/mol. The summed E-state index contributed by atoms with van der Waals surface area (Å²) >= 11 is 0. The zero-order valence-electron chi connectivity index (χ0n) is 23.4. The van der Waals surface area contributed by atoms with E-state index in [4.69, 9.17) is 9.29 Å². The number of rotatable bonds is 16. The predicted molar refractivity (Wildman–Crippen MR) is 165 cm³/mol. The third kappa shape index (κ3) is 11.6. The summed E-state index contributed by atoms with van der Waals surface area (Å²) in [7, 11) is -3.94. The Morgan fingerprint density at radius 1 is 0.976 bits per heavy atom. The summed E-state index contributed by atoms with van der Waals surface area (Å²) in [5.41, 5.74) is 4.91. The highest BCUT2D eigenvalue weighted by atomic mass is 32.2. The second-order valence-corrected chi connectivity index (χ2v) is 11.2. The molecule has 0 saturated heterocycles. The molecule has 0 saturated carbocycles. The highest BCUT2D eigenvalue weighted by Crippen LogP contribution is 2.32. The molecule has 0 atom stereocenters. The van der Waals surface area contributed by atoms with Gasteiger partial charge in [0, 0.05) is 43.2 Å². The number of unbranched alkanes of at least 4 members (excludes halogenated alkanes) is 3. The number of hydrogen-bond acceptors (Lipinski definition) is 7. The maximum absolute atomic E-state index is 12.5. The summed E-state index contributed by atoms with van der Waals surface area (Å²) in [6.07, 6.45) is 16.3. The third-order valence-corrected chi connectivity index (χ3v) is 7.18. The molecule has 1 heterocycles. The van der Waals surface area contributed by atoms with E-state index in [2.05, 4.69) is 28.5 Å². The maximum Gasteiger partial charge on any atom is 0.302 e. The number of carbonyl (C=O) groups excluding carboxylic acids is 2. The standard InChI is InChI=1S/C32H38N2O6S/c1-26(35)40-24-9-2-8-22-34-23-20-27(30-15-4-6-17-32(30)34)13-11-14-29(36)19-18-28-12-3-5-16-31(28)33-21-7-10-25-41(37,38)39/h3-6,11-20,23,33H,2,7-10,21-22,24-25H2,1H3,(H,37,38,39)/b14-11+,19-18-,27-13+. The van der Waals surface area contributed by atoms with E-state index >= 15 is 0 Å². The fourth-order valence-electron chi connectivity index (χ4n) is 4.34. The zero-order chi connectivity index (χ0) is 29.5. The van der Waals surface area contributed by atoms with E-state index in [9.17, 15) is 18.0 Å². The lowest BCUT2D eigenvalue weighted by Gasteiger charge is -2.27. The van der Waals surface area contributed by atoms with Crippen LogP contribution < -0.4 is 10.2 Å². The Morgan fingerprint density at radius 3 is 2.56 bits per heavy atom. The van der Waals surface area contributed by atoms with E-state index in [1.165, 1.54) is 19.1 Å². The first-order valence-corrected chi connectivity index (χ1v) is 15.4. The second-order valence-electron chi connectivity index (χ2n) is 9.65. The molecule has 0 radical (unpaired) electrons. The molecule has 2 aromatic carbocycles. The number of esters is 1. The first kappa shape index (κ1) is 31.6. The summed E-state index contributed by atoms with van der Waals surface area (Å²) in [5.74, 6) is -0.645. The minimum Gasteiger partial charge on any atom is -0.466 e. The third-order valence-electron chi connectivity index (χ3n) is 6.38. The largest absolute Gasteiger partial charge is 0.466 e. The first-order chi connectivity index (χ1) is 19.7. The van der Waals surface area contributed by atoms with E-state index in [1.807, 2.05) is 48.6 Å². The minimum absolute atomic E-state index is 0.145. The van der Waals surface area contributed by atoms with Crippen LogP contribution >= 0.6 is 0 Å². The average molecular weight is 579 g/mol. The number of nitrogens with zero attached hydrogens (tertiary/aromatic N) is 1. The molecule has 0 amide bonds. The van der Waals surface area contributed by atoms with Crippen LogP contribution in [0.4, 0.5) is 11.4 Å². The lowest BCUT2D eigenvalue weighted by atomic mass is 9.99. The van der Waals surface area contributed by atoms with Crippen molar-refractivity contribution in [1.82, 2.24) is 0 Å². The van der Waals surface area contributed by atoms with E-state index in [1.54, 1.807) is 12.2 Å². The van der Waals surface area contributed by atoms with Gasteiger partial charge in [-0.2, -0.15) is 8.42 Å². The summed E-state index contributed by atoms with van der Waals surface area (Å²) in [6, 6.07) is 15.7. The van der Waals surface area contributed by atoms with Gasteiger partial charge in [-0.05, 0) is 79.7 Å². The average Bonchev–Trinajstić information content (AvgIpc) is 2.94. The van der Waals surface area contributed by atoms with Crippen molar-refractivity contribution in [2.24, 2.45) is 0 Å². The first-order valence-electron chi connectivity index (χ1n) is 13.8. The number of carbonyl (C=O) groups is 2. The van der Waals surface area contributed by atoms with E-state index in [0.717, 1.165) is 53.9 Å². The molecule has 2 aromatic rings. The van der Waals surface area contributed by atoms with Gasteiger partial charge in [0.15, 0.2) is 5.78 Å². The molecule has 8 nitrogen and oxygen atoms in total. The van der Waals surface area contributed by atoms with Crippen LogP contribution in [0.2, 0.25) is 0 Å². The molecule has 0 fully saturated rings. The number of para-hydroxylation sites is 2. The Morgan fingerprint density at radius 2 is 1.76 bits per heavy atom. The van der Waals surface area contributed by atoms with Crippen molar-refractivity contribution in [3.63, 3.8) is 0 Å². The molecule has 3 rings (SSSR count). The molecule has 41 heavy (non-hydrogen) atoms. The van der Waals surface area contributed by atoms with Crippen LogP contribution in [-0.2, 0) is 24.4 Å². The Balaban J connectivity index is 1.54. The molecular formula is C32H38N2O6S. The van der Waals surface area contributed by atoms with Gasteiger partial charge in [-0.1, -0.05) is 48.6 Å². The van der Waals surface area contributed by atoms with Gasteiger partial charge in [-0.15, -0.1) is 0 Å². The van der Waals surface area contributed by atoms with Gasteiger partial charge in [0.25, 0.3) is 10.1 Å². The van der Waals surface area contributed by atoms with E-state index in [0.29, 0.717) is 26.0 Å². The monoisotopic (exact) mass is 578 g/mol. The smallest absolute Gasteiger partial charge is 0.302 e. The highest BCUT2D eigenvalue weighted by Gasteiger charge is 2.15. The van der Waals surface area contributed by atoms with Crippen LogP contribution in [0.1, 0.15) is 50.2 Å². The van der Waals surface area contributed by atoms with Crippen LogP contribution in [0.5, 0.6) is 0 Å². The number of ether oxygens (including phenoxy) is 1. The molecule has 9 heteroatoms. The number of fused-ring (bicyclic) bond motifs is 1. The topological polar surface area (TPSA) is 113 Å². The van der Waals surface area contributed by atoms with Gasteiger partial charge in [0.05, 0.1) is 12.4 Å². The van der Waals surface area contributed by atoms with Crippen LogP contribution in [0.15, 0.2) is 85.1 Å². The zero-order valence-corrected chi connectivity index (χ0v) is 24.2. The van der Waals surface area contributed by atoms with Crippen molar-refractivity contribution in [1.29, 1.82) is 0 Å². The Bertz CT molecular complexity index is 1410. The fourth-order valence-corrected chi connectivity index (χ4v) is 4.90. The van der Waals surface area contributed by atoms with E-state index in [-0.39, 0.29) is 17.5 Å². The summed E-state index contributed by atoms with van der Waals surface area (Å²) in [4.78, 5) is 25.6. The van der Waals surface area contributed by atoms with Crippen molar-refractivity contribution in [3.05, 3.63) is 96.2 Å². The van der Waals surface area contributed by atoms with Crippen LogP contribution in [0, 0.1) is 0 Å². The minimum atomic E-state index is -3.94. The Hall–Kier alpha value is -3.95. The molecule has 0 unspecified atom stereocenters. The van der Waals surface area contributed by atoms with Crippen molar-refractivity contribution in [2.75, 3.05) is 35.7 Å². The number of hydrogen-bond donors (Lipinski definition) is 2. The molecule has 0 aliphatic carbocycles. The van der Waals surface area contributed by atoms with Gasteiger partial charge in [0.2, 0.25) is 0 Å². The molecule has 2 N–H and O–H groups in total. The van der Waals surface area contributed by atoms with Crippen LogP contribution in [0.25, 0.3) is 11.6 Å². The van der Waals surface area contributed by atoms with Crippen LogP contribution in [0.3, 0.4) is 0 Å². The number of benzene rings is 2. The fraction of sp³-hybridized carbons (Fsp3) is 0.312. The van der Waals surface area contributed by atoms with Crippen molar-refractivity contribution >= 4 is 44.9 Å². The van der Waals surface area contributed by atoms with Crippen molar-refractivity contribution < 1.29 is 27.3 Å². The van der Waals surface area contributed by atoms with Gasteiger partial charge in [0.1, 0.15) is 0 Å². The quantitative estimate of drug-likeness (QED) is 0.107. The van der Waals surface area contributed by atoms with E-state index < -0.39 is 10.1 Å².